The molecule has 0 aliphatic rings. The van der Waals surface area contributed by atoms with Crippen LogP contribution < -0.4 is 0 Å². The van der Waals surface area contributed by atoms with Crippen LogP contribution in [0, 0.1) is 0 Å². The van der Waals surface area contributed by atoms with Crippen molar-refractivity contribution in [3.8, 4) is 11.1 Å². The molecule has 6 aromatic rings. The monoisotopic (exact) mass is 343 g/mol. The molecule has 0 amide bonds. The van der Waals surface area contributed by atoms with Crippen LogP contribution in [0.2, 0.25) is 0 Å². The summed E-state index contributed by atoms with van der Waals surface area (Å²) < 4.78 is 0. The molecule has 6 rings (SSSR count). The van der Waals surface area contributed by atoms with Crippen molar-refractivity contribution in [2.24, 2.45) is 0 Å². The topological polar surface area (TPSA) is 15.8 Å². The molecular weight excluding hydrogens is 326 g/mol. The third-order valence-corrected chi connectivity index (χ3v) is 5.60. The molecule has 1 heteroatoms. The van der Waals surface area contributed by atoms with Crippen molar-refractivity contribution in [1.82, 2.24) is 4.98 Å². The lowest BCUT2D eigenvalue weighted by Crippen LogP contribution is -1.85. The number of nitrogens with one attached hydrogen (secondary N) is 1. The Morgan fingerprint density at radius 2 is 1.15 bits per heavy atom. The summed E-state index contributed by atoms with van der Waals surface area (Å²) in [7, 11) is 0. The van der Waals surface area contributed by atoms with Crippen molar-refractivity contribution in [2.75, 3.05) is 0 Å². The number of H-pyrrole nitrogens is 1. The highest BCUT2D eigenvalue weighted by Crippen LogP contribution is 2.39. The second-order valence-corrected chi connectivity index (χ2v) is 7.09. The average Bonchev–Trinajstić information content (AvgIpc) is 3.12. The number of aromatic nitrogens is 1. The van der Waals surface area contributed by atoms with Crippen molar-refractivity contribution >= 4 is 43.4 Å². The summed E-state index contributed by atoms with van der Waals surface area (Å²) in [6.07, 6.45) is 0. The molecule has 0 saturated heterocycles. The van der Waals surface area contributed by atoms with Gasteiger partial charge in [-0.05, 0) is 33.4 Å². The SMILES string of the molecule is c1ccc2c(-c3cccc4ccc5c6ccccc6[nH]c5c34)cccc2c1. The van der Waals surface area contributed by atoms with E-state index < -0.39 is 0 Å². The van der Waals surface area contributed by atoms with Gasteiger partial charge in [0.15, 0.2) is 0 Å². The first kappa shape index (κ1) is 14.6. The lowest BCUT2D eigenvalue weighted by atomic mass is 9.93. The summed E-state index contributed by atoms with van der Waals surface area (Å²) in [5, 5.41) is 7.69. The molecule has 0 bridgehead atoms. The van der Waals surface area contributed by atoms with Crippen LogP contribution >= 0.6 is 0 Å². The minimum absolute atomic E-state index is 1.19. The molecule has 0 radical (unpaired) electrons. The molecule has 1 aromatic heterocycles. The van der Waals surface area contributed by atoms with Gasteiger partial charge in [0, 0.05) is 21.7 Å². The van der Waals surface area contributed by atoms with Gasteiger partial charge in [-0.3, -0.25) is 0 Å². The predicted octanol–water partition coefficient (Wildman–Crippen LogP) is 7.29. The second kappa shape index (κ2) is 5.46. The van der Waals surface area contributed by atoms with Gasteiger partial charge in [0.05, 0.1) is 5.52 Å². The van der Waals surface area contributed by atoms with Crippen LogP contribution in [0.1, 0.15) is 0 Å². The zero-order valence-electron chi connectivity index (χ0n) is 14.7. The van der Waals surface area contributed by atoms with E-state index in [9.17, 15) is 0 Å². The molecule has 0 aliphatic heterocycles. The van der Waals surface area contributed by atoms with Gasteiger partial charge < -0.3 is 4.98 Å². The smallest absolute Gasteiger partial charge is 0.0550 e. The van der Waals surface area contributed by atoms with Gasteiger partial charge in [0.25, 0.3) is 0 Å². The number of rotatable bonds is 1. The predicted molar refractivity (Wildman–Crippen MR) is 116 cm³/mol. The van der Waals surface area contributed by atoms with E-state index in [0.717, 1.165) is 0 Å². The van der Waals surface area contributed by atoms with Crippen LogP contribution in [0.5, 0.6) is 0 Å². The summed E-state index contributed by atoms with van der Waals surface area (Å²) >= 11 is 0. The van der Waals surface area contributed by atoms with Crippen LogP contribution in [0.3, 0.4) is 0 Å². The van der Waals surface area contributed by atoms with E-state index in [1.54, 1.807) is 0 Å². The van der Waals surface area contributed by atoms with E-state index in [0.29, 0.717) is 0 Å². The molecule has 126 valence electrons. The standard InChI is InChI=1S/C26H17N/c1-2-10-19-17(7-1)8-5-12-20(19)22-13-6-9-18-15-16-23-21-11-3-4-14-24(21)27-26(23)25(18)22/h1-16,27H. The fourth-order valence-electron chi connectivity index (χ4n) is 4.38. The average molecular weight is 343 g/mol. The summed E-state index contributed by atoms with van der Waals surface area (Å²) in [5.41, 5.74) is 4.97. The van der Waals surface area contributed by atoms with Crippen molar-refractivity contribution in [3.05, 3.63) is 97.1 Å². The lowest BCUT2D eigenvalue weighted by Gasteiger charge is -2.11. The number of fused-ring (bicyclic) bond motifs is 6. The van der Waals surface area contributed by atoms with Crippen molar-refractivity contribution in [3.63, 3.8) is 0 Å². The highest BCUT2D eigenvalue weighted by molar-refractivity contribution is 6.21. The first-order chi connectivity index (χ1) is 13.4. The van der Waals surface area contributed by atoms with E-state index in [-0.39, 0.29) is 0 Å². The van der Waals surface area contributed by atoms with Crippen LogP contribution in [-0.4, -0.2) is 4.98 Å². The quantitative estimate of drug-likeness (QED) is 0.322. The van der Waals surface area contributed by atoms with Crippen LogP contribution in [-0.2, 0) is 0 Å². The van der Waals surface area contributed by atoms with Crippen LogP contribution in [0.4, 0.5) is 0 Å². The molecular formula is C26H17N. The summed E-state index contributed by atoms with van der Waals surface area (Å²) in [6.45, 7) is 0. The minimum Gasteiger partial charge on any atom is -0.354 e. The molecule has 0 fully saturated rings. The Morgan fingerprint density at radius 3 is 2.07 bits per heavy atom. The second-order valence-electron chi connectivity index (χ2n) is 7.09. The van der Waals surface area contributed by atoms with Gasteiger partial charge in [-0.2, -0.15) is 0 Å². The Kier molecular flexibility index (Phi) is 2.95. The molecule has 0 spiro atoms. The van der Waals surface area contributed by atoms with Gasteiger partial charge in [-0.15, -0.1) is 0 Å². The Bertz CT molecular complexity index is 1460. The third kappa shape index (κ3) is 2.06. The summed E-state index contributed by atoms with van der Waals surface area (Å²) in [4.78, 5) is 3.68. The van der Waals surface area contributed by atoms with E-state index in [4.69, 9.17) is 0 Å². The van der Waals surface area contributed by atoms with Crippen molar-refractivity contribution < 1.29 is 0 Å². The number of para-hydroxylation sites is 1. The molecule has 1 nitrogen and oxygen atoms in total. The van der Waals surface area contributed by atoms with Crippen molar-refractivity contribution in [2.45, 2.75) is 0 Å². The number of aromatic amines is 1. The molecule has 5 aromatic carbocycles. The van der Waals surface area contributed by atoms with E-state index in [1.807, 2.05) is 0 Å². The fraction of sp³-hybridized carbons (Fsp3) is 0. The van der Waals surface area contributed by atoms with Gasteiger partial charge in [-0.25, -0.2) is 0 Å². The number of benzene rings is 5. The van der Waals surface area contributed by atoms with Crippen LogP contribution in [0.25, 0.3) is 54.5 Å². The Labute approximate surface area is 156 Å². The van der Waals surface area contributed by atoms with E-state index >= 15 is 0 Å². The number of hydrogen-bond donors (Lipinski definition) is 1. The van der Waals surface area contributed by atoms with Crippen molar-refractivity contribution in [1.29, 1.82) is 0 Å². The largest absolute Gasteiger partial charge is 0.354 e. The van der Waals surface area contributed by atoms with Gasteiger partial charge in [0.1, 0.15) is 0 Å². The van der Waals surface area contributed by atoms with Gasteiger partial charge in [-0.1, -0.05) is 91.0 Å². The fourth-order valence-corrected chi connectivity index (χ4v) is 4.38. The maximum absolute atomic E-state index is 3.68. The highest BCUT2D eigenvalue weighted by atomic mass is 14.7. The molecule has 27 heavy (non-hydrogen) atoms. The molecule has 0 unspecified atom stereocenters. The first-order valence-electron chi connectivity index (χ1n) is 9.30. The first-order valence-corrected chi connectivity index (χ1v) is 9.30. The summed E-state index contributed by atoms with van der Waals surface area (Å²) in [5.74, 6) is 0. The van der Waals surface area contributed by atoms with E-state index in [1.165, 1.54) is 54.5 Å². The number of hydrogen-bond acceptors (Lipinski definition) is 0. The van der Waals surface area contributed by atoms with Gasteiger partial charge in [0.2, 0.25) is 0 Å². The molecule has 0 saturated carbocycles. The Balaban J connectivity index is 1.82. The Hall–Kier alpha value is -3.58. The molecule has 1 heterocycles. The maximum atomic E-state index is 3.68. The highest BCUT2D eigenvalue weighted by Gasteiger charge is 2.13. The van der Waals surface area contributed by atoms with E-state index in [2.05, 4.69) is 102 Å². The molecule has 1 N–H and O–H groups in total. The zero-order valence-corrected chi connectivity index (χ0v) is 14.7. The normalized spacial score (nSPS) is 11.7. The molecule has 0 atom stereocenters. The third-order valence-electron chi connectivity index (χ3n) is 5.60. The zero-order chi connectivity index (χ0) is 17.8. The van der Waals surface area contributed by atoms with Crippen LogP contribution in [0.15, 0.2) is 97.1 Å². The Morgan fingerprint density at radius 1 is 0.444 bits per heavy atom. The van der Waals surface area contributed by atoms with Gasteiger partial charge >= 0.3 is 0 Å². The summed E-state index contributed by atoms with van der Waals surface area (Å²) in [6, 6.07) is 34.8. The molecule has 0 aliphatic carbocycles. The lowest BCUT2D eigenvalue weighted by molar-refractivity contribution is 1.56. The maximum Gasteiger partial charge on any atom is 0.0550 e. The minimum atomic E-state index is 1.19.